The molecular weight excluding hydrogens is 387 g/mol. The van der Waals surface area contributed by atoms with Gasteiger partial charge in [0.25, 0.3) is 0 Å². The van der Waals surface area contributed by atoms with E-state index >= 15 is 0 Å². The van der Waals surface area contributed by atoms with Crippen molar-refractivity contribution in [2.45, 2.75) is 10.6 Å². The Labute approximate surface area is 161 Å². The van der Waals surface area contributed by atoms with Crippen LogP contribution in [0.1, 0.15) is 15.9 Å². The summed E-state index contributed by atoms with van der Waals surface area (Å²) in [5.74, 6) is -1.57. The van der Waals surface area contributed by atoms with Crippen LogP contribution in [0.5, 0.6) is 5.75 Å². The van der Waals surface area contributed by atoms with Gasteiger partial charge in [0.05, 0.1) is 37.4 Å². The first-order valence-electron chi connectivity index (χ1n) is 8.16. The molecule has 0 saturated carbocycles. The summed E-state index contributed by atoms with van der Waals surface area (Å²) >= 11 is 0. The summed E-state index contributed by atoms with van der Waals surface area (Å²) in [5.41, 5.74) is 1.43. The van der Waals surface area contributed by atoms with Gasteiger partial charge in [-0.3, -0.25) is 0 Å². The highest BCUT2D eigenvalue weighted by molar-refractivity contribution is 7.90. The highest BCUT2D eigenvalue weighted by Gasteiger charge is 2.26. The first-order chi connectivity index (χ1) is 13.4. The number of halogens is 1. The minimum atomic E-state index is -3.83. The average Bonchev–Trinajstić information content (AvgIpc) is 3.21. The van der Waals surface area contributed by atoms with Crippen molar-refractivity contribution in [1.82, 2.24) is 0 Å². The van der Waals surface area contributed by atoms with Gasteiger partial charge in [0, 0.05) is 11.1 Å². The summed E-state index contributed by atoms with van der Waals surface area (Å²) in [6.07, 6.45) is 2.95. The summed E-state index contributed by atoms with van der Waals surface area (Å²) in [5, 5.41) is 0. The minimum absolute atomic E-state index is 0.00869. The van der Waals surface area contributed by atoms with Crippen molar-refractivity contribution in [2.24, 2.45) is 0 Å². The molecule has 0 saturated heterocycles. The lowest BCUT2D eigenvalue weighted by molar-refractivity contribution is 0.0596. The number of methoxy groups -OCH3 is 2. The SMILES string of the molecule is COC(=O)c1c(CS(=O)(=O)c2ccc(F)cc2)ccc(-c2ccoc2)c1OC. The van der Waals surface area contributed by atoms with Crippen molar-refractivity contribution in [3.8, 4) is 16.9 Å². The number of rotatable bonds is 6. The van der Waals surface area contributed by atoms with Gasteiger partial charge in [-0.1, -0.05) is 12.1 Å². The fourth-order valence-electron chi connectivity index (χ4n) is 2.86. The van der Waals surface area contributed by atoms with Crippen molar-refractivity contribution < 1.29 is 31.5 Å². The highest BCUT2D eigenvalue weighted by atomic mass is 32.2. The van der Waals surface area contributed by atoms with Crippen LogP contribution in [0.15, 0.2) is 64.3 Å². The summed E-state index contributed by atoms with van der Waals surface area (Å²) < 4.78 is 54.0. The van der Waals surface area contributed by atoms with Gasteiger partial charge in [-0.15, -0.1) is 0 Å². The van der Waals surface area contributed by atoms with Crippen LogP contribution in [0.4, 0.5) is 4.39 Å². The Bertz CT molecular complexity index is 1090. The Kier molecular flexibility index (Phi) is 5.51. The molecule has 0 unspecified atom stereocenters. The molecule has 0 radical (unpaired) electrons. The van der Waals surface area contributed by atoms with Gasteiger partial charge in [0.2, 0.25) is 0 Å². The Morgan fingerprint density at radius 3 is 2.36 bits per heavy atom. The molecule has 0 aliphatic heterocycles. The monoisotopic (exact) mass is 404 g/mol. The third kappa shape index (κ3) is 3.77. The number of esters is 1. The van der Waals surface area contributed by atoms with Crippen molar-refractivity contribution in [1.29, 1.82) is 0 Å². The number of benzene rings is 2. The third-order valence-corrected chi connectivity index (χ3v) is 5.87. The maximum absolute atomic E-state index is 13.1. The molecule has 3 aromatic rings. The summed E-state index contributed by atoms with van der Waals surface area (Å²) in [7, 11) is -1.26. The molecule has 0 atom stereocenters. The van der Waals surface area contributed by atoms with Gasteiger partial charge in [0.1, 0.15) is 17.1 Å². The molecule has 0 aliphatic carbocycles. The number of furan rings is 1. The molecule has 8 heteroatoms. The van der Waals surface area contributed by atoms with Gasteiger partial charge < -0.3 is 13.9 Å². The van der Waals surface area contributed by atoms with E-state index in [0.717, 1.165) is 12.1 Å². The summed E-state index contributed by atoms with van der Waals surface area (Å²) in [6.45, 7) is 0. The summed E-state index contributed by atoms with van der Waals surface area (Å²) in [6, 6.07) is 9.35. The van der Waals surface area contributed by atoms with Gasteiger partial charge in [-0.05, 0) is 35.9 Å². The predicted octanol–water partition coefficient (Wildman–Crippen LogP) is 3.85. The molecule has 6 nitrogen and oxygen atoms in total. The van der Waals surface area contributed by atoms with Crippen LogP contribution in [0.3, 0.4) is 0 Å². The number of carbonyl (C=O) groups excluding carboxylic acids is 1. The first-order valence-corrected chi connectivity index (χ1v) is 9.81. The van der Waals surface area contributed by atoms with E-state index in [1.807, 2.05) is 0 Å². The summed E-state index contributed by atoms with van der Waals surface area (Å²) in [4.78, 5) is 12.4. The molecule has 3 rings (SSSR count). The second kappa shape index (κ2) is 7.85. The van der Waals surface area contributed by atoms with E-state index in [1.54, 1.807) is 12.1 Å². The smallest absolute Gasteiger partial charge is 0.341 e. The fourth-order valence-corrected chi connectivity index (χ4v) is 4.22. The van der Waals surface area contributed by atoms with Crippen molar-refractivity contribution >= 4 is 15.8 Å². The molecule has 2 aromatic carbocycles. The second-order valence-corrected chi connectivity index (χ2v) is 7.89. The number of hydrogen-bond acceptors (Lipinski definition) is 6. The van der Waals surface area contributed by atoms with Crippen LogP contribution in [-0.4, -0.2) is 28.6 Å². The van der Waals surface area contributed by atoms with Crippen LogP contribution in [0.25, 0.3) is 11.1 Å². The predicted molar refractivity (Wildman–Crippen MR) is 99.3 cm³/mol. The quantitative estimate of drug-likeness (QED) is 0.458. The van der Waals surface area contributed by atoms with Crippen LogP contribution in [0, 0.1) is 5.82 Å². The third-order valence-electron chi connectivity index (χ3n) is 4.19. The number of hydrogen-bond donors (Lipinski definition) is 0. The van der Waals surface area contributed by atoms with Crippen LogP contribution < -0.4 is 4.74 Å². The van der Waals surface area contributed by atoms with Crippen molar-refractivity contribution in [3.63, 3.8) is 0 Å². The van der Waals surface area contributed by atoms with Crippen LogP contribution >= 0.6 is 0 Å². The zero-order chi connectivity index (χ0) is 20.3. The number of ether oxygens (including phenoxy) is 2. The van der Waals surface area contributed by atoms with E-state index < -0.39 is 27.4 Å². The van der Waals surface area contributed by atoms with Gasteiger partial charge in [-0.2, -0.15) is 0 Å². The van der Waals surface area contributed by atoms with E-state index in [0.29, 0.717) is 11.1 Å². The van der Waals surface area contributed by atoms with Crippen molar-refractivity contribution in [2.75, 3.05) is 14.2 Å². The number of carbonyl (C=O) groups is 1. The Hall–Kier alpha value is -3.13. The standard InChI is InChI=1S/C20H17FO6S/c1-25-19-17(13-9-10-27-11-13)8-3-14(18(19)20(22)26-2)12-28(23,24)16-6-4-15(21)5-7-16/h3-11H,12H2,1-2H3. The maximum atomic E-state index is 13.1. The van der Waals surface area contributed by atoms with Crippen LogP contribution in [0.2, 0.25) is 0 Å². The van der Waals surface area contributed by atoms with Crippen molar-refractivity contribution in [3.05, 3.63) is 71.9 Å². The van der Waals surface area contributed by atoms with E-state index in [2.05, 4.69) is 0 Å². The molecule has 0 bridgehead atoms. The molecule has 28 heavy (non-hydrogen) atoms. The lowest BCUT2D eigenvalue weighted by atomic mass is 9.99. The molecule has 0 N–H and O–H groups in total. The molecule has 0 amide bonds. The highest BCUT2D eigenvalue weighted by Crippen LogP contribution is 2.37. The Morgan fingerprint density at radius 2 is 1.79 bits per heavy atom. The molecule has 0 aliphatic rings. The molecule has 1 aromatic heterocycles. The fraction of sp³-hybridized carbons (Fsp3) is 0.150. The zero-order valence-electron chi connectivity index (χ0n) is 15.1. The second-order valence-electron chi connectivity index (χ2n) is 5.90. The molecule has 0 spiro atoms. The molecule has 0 fully saturated rings. The number of sulfone groups is 1. The van der Waals surface area contributed by atoms with E-state index in [1.165, 1.54) is 44.9 Å². The van der Waals surface area contributed by atoms with E-state index in [4.69, 9.17) is 13.9 Å². The Balaban J connectivity index is 2.12. The lowest BCUT2D eigenvalue weighted by Crippen LogP contribution is -2.13. The minimum Gasteiger partial charge on any atom is -0.495 e. The largest absolute Gasteiger partial charge is 0.495 e. The molecular formula is C20H17FO6S. The topological polar surface area (TPSA) is 82.8 Å². The zero-order valence-corrected chi connectivity index (χ0v) is 16.0. The molecule has 146 valence electrons. The first kappa shape index (κ1) is 19.6. The normalized spacial score (nSPS) is 11.2. The van der Waals surface area contributed by atoms with E-state index in [9.17, 15) is 17.6 Å². The van der Waals surface area contributed by atoms with E-state index in [-0.39, 0.29) is 21.8 Å². The Morgan fingerprint density at radius 1 is 1.07 bits per heavy atom. The molecule has 1 heterocycles. The van der Waals surface area contributed by atoms with Gasteiger partial charge in [0.15, 0.2) is 9.84 Å². The van der Waals surface area contributed by atoms with Crippen LogP contribution in [-0.2, 0) is 20.3 Å². The van der Waals surface area contributed by atoms with Gasteiger partial charge >= 0.3 is 5.97 Å². The maximum Gasteiger partial charge on any atom is 0.341 e. The van der Waals surface area contributed by atoms with Gasteiger partial charge in [-0.25, -0.2) is 17.6 Å². The average molecular weight is 404 g/mol. The lowest BCUT2D eigenvalue weighted by Gasteiger charge is -2.16.